The number of ether oxygens (including phenoxy) is 1. The largest absolute Gasteiger partial charge is 0.489 e. The lowest BCUT2D eigenvalue weighted by Crippen LogP contribution is -1.95. The van der Waals surface area contributed by atoms with E-state index in [0.717, 1.165) is 22.7 Å². The lowest BCUT2D eigenvalue weighted by atomic mass is 10.1. The number of fused-ring (bicyclic) bond motifs is 1. The second-order valence-corrected chi connectivity index (χ2v) is 5.35. The van der Waals surface area contributed by atoms with Crippen LogP contribution in [0, 0.1) is 10.1 Å². The molecule has 2 aromatic carbocycles. The van der Waals surface area contributed by atoms with Gasteiger partial charge >= 0.3 is 0 Å². The average Bonchev–Trinajstić information content (AvgIpc) is 2.95. The first kappa shape index (κ1) is 15.1. The van der Waals surface area contributed by atoms with Crippen molar-refractivity contribution in [3.8, 4) is 5.75 Å². The van der Waals surface area contributed by atoms with Crippen LogP contribution in [-0.2, 0) is 6.61 Å². The van der Waals surface area contributed by atoms with Crippen LogP contribution < -0.4 is 4.74 Å². The smallest absolute Gasteiger partial charge is 0.235 e. The maximum absolute atomic E-state index is 10.5. The van der Waals surface area contributed by atoms with Crippen molar-refractivity contribution in [1.82, 2.24) is 4.98 Å². The number of benzene rings is 2. The van der Waals surface area contributed by atoms with E-state index in [-0.39, 0.29) is 0 Å². The molecule has 23 heavy (non-hydrogen) atoms. The number of aromatic amines is 1. The molecule has 0 fully saturated rings. The summed E-state index contributed by atoms with van der Waals surface area (Å²) in [6, 6.07) is 13.3. The number of hydrogen-bond donors (Lipinski definition) is 1. The molecule has 0 bridgehead atoms. The van der Waals surface area contributed by atoms with Gasteiger partial charge in [0.05, 0.1) is 15.5 Å². The Morgan fingerprint density at radius 3 is 2.78 bits per heavy atom. The van der Waals surface area contributed by atoms with Gasteiger partial charge in [0, 0.05) is 29.3 Å². The van der Waals surface area contributed by atoms with Crippen molar-refractivity contribution < 1.29 is 9.66 Å². The summed E-state index contributed by atoms with van der Waals surface area (Å²) in [5, 5.41) is 11.8. The first-order valence-electron chi connectivity index (χ1n) is 6.92. The highest BCUT2D eigenvalue weighted by atomic mass is 35.5. The van der Waals surface area contributed by atoms with Crippen LogP contribution in [0.15, 0.2) is 54.9 Å². The van der Waals surface area contributed by atoms with E-state index >= 15 is 0 Å². The van der Waals surface area contributed by atoms with Gasteiger partial charge in [0.1, 0.15) is 12.4 Å². The zero-order valence-corrected chi connectivity index (χ0v) is 12.8. The van der Waals surface area contributed by atoms with E-state index in [4.69, 9.17) is 16.3 Å². The summed E-state index contributed by atoms with van der Waals surface area (Å²) in [4.78, 5) is 13.0. The molecule has 5 nitrogen and oxygen atoms in total. The van der Waals surface area contributed by atoms with E-state index in [1.54, 1.807) is 12.3 Å². The predicted molar refractivity (Wildman–Crippen MR) is 90.1 cm³/mol. The lowest BCUT2D eigenvalue weighted by Gasteiger charge is -2.07. The van der Waals surface area contributed by atoms with Crippen LogP contribution in [0.1, 0.15) is 11.1 Å². The van der Waals surface area contributed by atoms with Crippen molar-refractivity contribution >= 4 is 28.6 Å². The molecule has 3 aromatic rings. The van der Waals surface area contributed by atoms with Crippen molar-refractivity contribution in [2.24, 2.45) is 0 Å². The quantitative estimate of drug-likeness (QED) is 0.547. The number of hydrogen-bond acceptors (Lipinski definition) is 3. The van der Waals surface area contributed by atoms with Crippen molar-refractivity contribution in [3.63, 3.8) is 0 Å². The van der Waals surface area contributed by atoms with E-state index in [9.17, 15) is 10.1 Å². The van der Waals surface area contributed by atoms with E-state index in [2.05, 4.69) is 4.98 Å². The zero-order chi connectivity index (χ0) is 16.2. The Morgan fingerprint density at radius 1 is 1.26 bits per heavy atom. The SMILES string of the molecule is O=[N+]([O-])/C=C/c1c[nH]c2c(Cl)cc(OCc3ccccc3)cc12. The third-order valence-corrected chi connectivity index (χ3v) is 3.67. The molecule has 0 saturated heterocycles. The fourth-order valence-electron chi connectivity index (χ4n) is 2.29. The molecule has 0 atom stereocenters. The van der Waals surface area contributed by atoms with E-state index < -0.39 is 4.92 Å². The molecular formula is C17H13ClN2O3. The number of nitrogens with one attached hydrogen (secondary N) is 1. The predicted octanol–water partition coefficient (Wildman–Crippen LogP) is 4.65. The van der Waals surface area contributed by atoms with E-state index in [0.29, 0.717) is 22.9 Å². The van der Waals surface area contributed by atoms with Gasteiger partial charge in [-0.1, -0.05) is 41.9 Å². The molecule has 0 saturated carbocycles. The topological polar surface area (TPSA) is 68.2 Å². The number of nitrogens with zero attached hydrogens (tertiary/aromatic N) is 1. The number of rotatable bonds is 5. The van der Waals surface area contributed by atoms with E-state index in [1.807, 2.05) is 36.4 Å². The van der Waals surface area contributed by atoms with Crippen LogP contribution in [0.25, 0.3) is 17.0 Å². The summed E-state index contributed by atoms with van der Waals surface area (Å²) in [5.41, 5.74) is 2.46. The molecule has 0 unspecified atom stereocenters. The van der Waals surface area contributed by atoms with Crippen molar-refractivity contribution in [3.05, 3.63) is 81.1 Å². The molecule has 1 heterocycles. The normalized spacial score (nSPS) is 11.2. The fourth-order valence-corrected chi connectivity index (χ4v) is 2.55. The van der Waals surface area contributed by atoms with Crippen molar-refractivity contribution in [2.45, 2.75) is 6.61 Å². The number of halogens is 1. The number of H-pyrrole nitrogens is 1. The molecule has 0 amide bonds. The fraction of sp³-hybridized carbons (Fsp3) is 0.0588. The van der Waals surface area contributed by atoms with Crippen molar-refractivity contribution in [1.29, 1.82) is 0 Å². The highest BCUT2D eigenvalue weighted by Gasteiger charge is 2.09. The maximum atomic E-state index is 10.5. The van der Waals surface area contributed by atoms with Gasteiger partial charge in [-0.3, -0.25) is 10.1 Å². The molecular weight excluding hydrogens is 316 g/mol. The Kier molecular flexibility index (Phi) is 4.30. The van der Waals surface area contributed by atoms with Gasteiger partial charge in [-0.15, -0.1) is 0 Å². The van der Waals surface area contributed by atoms with Crippen LogP contribution in [0.2, 0.25) is 5.02 Å². The summed E-state index contributed by atoms with van der Waals surface area (Å²) in [5.74, 6) is 0.613. The van der Waals surface area contributed by atoms with Gasteiger partial charge in [-0.2, -0.15) is 0 Å². The third-order valence-electron chi connectivity index (χ3n) is 3.37. The van der Waals surface area contributed by atoms with Crippen LogP contribution in [0.5, 0.6) is 5.75 Å². The third kappa shape index (κ3) is 3.52. The lowest BCUT2D eigenvalue weighted by molar-refractivity contribution is -0.400. The number of nitro groups is 1. The first-order chi connectivity index (χ1) is 11.1. The molecule has 3 rings (SSSR count). The van der Waals surface area contributed by atoms with Gasteiger partial charge < -0.3 is 9.72 Å². The van der Waals surface area contributed by atoms with Gasteiger partial charge in [0.15, 0.2) is 0 Å². The van der Waals surface area contributed by atoms with Gasteiger partial charge in [0.25, 0.3) is 0 Å². The Balaban J connectivity index is 1.89. The minimum atomic E-state index is -0.504. The molecule has 1 N–H and O–H groups in total. The minimum absolute atomic E-state index is 0.424. The first-order valence-corrected chi connectivity index (χ1v) is 7.30. The van der Waals surface area contributed by atoms with Gasteiger partial charge in [-0.05, 0) is 11.6 Å². The molecule has 0 aliphatic heterocycles. The van der Waals surface area contributed by atoms with E-state index in [1.165, 1.54) is 6.08 Å². The summed E-state index contributed by atoms with van der Waals surface area (Å²) in [6.07, 6.45) is 4.00. The van der Waals surface area contributed by atoms with Crippen LogP contribution in [0.3, 0.4) is 0 Å². The maximum Gasteiger partial charge on any atom is 0.235 e. The Bertz CT molecular complexity index is 872. The molecule has 1 aromatic heterocycles. The van der Waals surface area contributed by atoms with Crippen molar-refractivity contribution in [2.75, 3.05) is 0 Å². The standard InChI is InChI=1S/C17H13ClN2O3/c18-16-9-14(23-11-12-4-2-1-3-5-12)8-15-13(6-7-20(21)22)10-19-17(15)16/h1-10,19H,11H2/b7-6+. The highest BCUT2D eigenvalue weighted by Crippen LogP contribution is 2.31. The molecule has 0 aliphatic rings. The summed E-state index contributed by atoms with van der Waals surface area (Å²) >= 11 is 6.25. The van der Waals surface area contributed by atoms with Crippen LogP contribution in [0.4, 0.5) is 0 Å². The Hall–Kier alpha value is -2.79. The Labute approximate surface area is 137 Å². The molecule has 0 aliphatic carbocycles. The molecule has 0 spiro atoms. The second-order valence-electron chi connectivity index (χ2n) is 4.95. The van der Waals surface area contributed by atoms with Gasteiger partial charge in [-0.25, -0.2) is 0 Å². The summed E-state index contributed by atoms with van der Waals surface area (Å²) < 4.78 is 5.77. The monoisotopic (exact) mass is 328 g/mol. The highest BCUT2D eigenvalue weighted by molar-refractivity contribution is 6.35. The minimum Gasteiger partial charge on any atom is -0.489 e. The summed E-state index contributed by atoms with van der Waals surface area (Å²) in [6.45, 7) is 0.424. The van der Waals surface area contributed by atoms with Crippen LogP contribution in [-0.4, -0.2) is 9.91 Å². The average molecular weight is 329 g/mol. The summed E-state index contributed by atoms with van der Waals surface area (Å²) in [7, 11) is 0. The number of aromatic nitrogens is 1. The van der Waals surface area contributed by atoms with Gasteiger partial charge in [0.2, 0.25) is 6.20 Å². The molecule has 6 heteroatoms. The second kappa shape index (κ2) is 6.54. The van der Waals surface area contributed by atoms with Crippen LogP contribution >= 0.6 is 11.6 Å². The zero-order valence-electron chi connectivity index (χ0n) is 12.0. The molecule has 116 valence electrons. The Morgan fingerprint density at radius 2 is 2.04 bits per heavy atom. The molecule has 0 radical (unpaired) electrons.